The number of fused-ring (bicyclic) bond motifs is 12. The highest BCUT2D eigenvalue weighted by Crippen LogP contribution is 2.63. The summed E-state index contributed by atoms with van der Waals surface area (Å²) >= 11 is 0. The van der Waals surface area contributed by atoms with Gasteiger partial charge in [0, 0.05) is 27.8 Å². The van der Waals surface area contributed by atoms with Crippen LogP contribution in [0.2, 0.25) is 0 Å². The Morgan fingerprint density at radius 2 is 0.946 bits per heavy atom. The van der Waals surface area contributed by atoms with Gasteiger partial charge in [-0.05, 0) is 74.8 Å². The lowest BCUT2D eigenvalue weighted by atomic mass is 9.70. The summed E-state index contributed by atoms with van der Waals surface area (Å²) in [7, 11) is 0. The normalized spacial score (nSPS) is 13.1. The molecule has 0 atom stereocenters. The third-order valence-electron chi connectivity index (χ3n) is 11.9. The molecule has 0 saturated carbocycles. The van der Waals surface area contributed by atoms with Gasteiger partial charge in [0.2, 0.25) is 0 Å². The largest absolute Gasteiger partial charge is 0.292 e. The van der Waals surface area contributed by atoms with Crippen molar-refractivity contribution in [1.29, 1.82) is 0 Å². The molecule has 4 heteroatoms. The maximum absolute atomic E-state index is 5.47. The van der Waals surface area contributed by atoms with Crippen LogP contribution in [0, 0.1) is 0 Å². The Bertz CT molecular complexity index is 3150. The molecule has 0 N–H and O–H groups in total. The van der Waals surface area contributed by atoms with E-state index in [1.165, 1.54) is 44.5 Å². The maximum Gasteiger partial charge on any atom is 0.161 e. The highest BCUT2D eigenvalue weighted by atomic mass is 15.1. The lowest BCUT2D eigenvalue weighted by Crippen LogP contribution is -2.25. The Balaban J connectivity index is 1.05. The third kappa shape index (κ3) is 4.21. The fraction of sp³-hybridized carbons (Fsp3) is 0.0192. The molecule has 12 rings (SSSR count). The van der Waals surface area contributed by atoms with Gasteiger partial charge in [-0.15, -0.1) is 0 Å². The molecule has 2 aliphatic carbocycles. The number of para-hydroxylation sites is 3. The zero-order chi connectivity index (χ0) is 36.8. The molecule has 2 aromatic heterocycles. The number of aromatic nitrogens is 4. The van der Waals surface area contributed by atoms with Crippen molar-refractivity contribution in [2.24, 2.45) is 0 Å². The van der Waals surface area contributed by atoms with Crippen LogP contribution in [0.15, 0.2) is 194 Å². The molecular weight excluding hydrogens is 681 g/mol. The van der Waals surface area contributed by atoms with E-state index < -0.39 is 5.41 Å². The molecule has 0 unspecified atom stereocenters. The SMILES string of the molecule is c1ccc(-c2nc3ccccc3n2-c2ccc(-c3nc(-c4cccc5c4-c4ccccc4C54c5ccccc5-c5ccccc54)nc4ccccc34)cc2)cc1. The van der Waals surface area contributed by atoms with Gasteiger partial charge in [0.25, 0.3) is 0 Å². The van der Waals surface area contributed by atoms with Crippen LogP contribution in [-0.4, -0.2) is 19.5 Å². The monoisotopic (exact) mass is 712 g/mol. The van der Waals surface area contributed by atoms with Gasteiger partial charge >= 0.3 is 0 Å². The molecule has 2 aliphatic rings. The van der Waals surface area contributed by atoms with Gasteiger partial charge in [0.1, 0.15) is 5.82 Å². The Morgan fingerprint density at radius 1 is 0.375 bits per heavy atom. The van der Waals surface area contributed by atoms with E-state index in [0.29, 0.717) is 0 Å². The van der Waals surface area contributed by atoms with Crippen molar-refractivity contribution in [1.82, 2.24) is 19.5 Å². The minimum Gasteiger partial charge on any atom is -0.292 e. The van der Waals surface area contributed by atoms with E-state index in [0.717, 1.165) is 61.7 Å². The van der Waals surface area contributed by atoms with Crippen LogP contribution in [0.25, 0.3) is 83.9 Å². The number of benzene rings is 8. The van der Waals surface area contributed by atoms with Crippen LogP contribution in [0.1, 0.15) is 22.3 Å². The van der Waals surface area contributed by atoms with Gasteiger partial charge in [0.15, 0.2) is 5.82 Å². The summed E-state index contributed by atoms with van der Waals surface area (Å²) < 4.78 is 2.25. The van der Waals surface area contributed by atoms with Gasteiger partial charge in [0.05, 0.1) is 27.7 Å². The van der Waals surface area contributed by atoms with Crippen molar-refractivity contribution >= 4 is 21.9 Å². The quantitative estimate of drug-likeness (QED) is 0.182. The number of nitrogens with zero attached hydrogens (tertiary/aromatic N) is 4. The van der Waals surface area contributed by atoms with Crippen LogP contribution < -0.4 is 0 Å². The number of hydrogen-bond acceptors (Lipinski definition) is 3. The molecule has 0 amide bonds. The van der Waals surface area contributed by atoms with E-state index >= 15 is 0 Å². The average Bonchev–Trinajstić information content (AvgIpc) is 3.91. The zero-order valence-electron chi connectivity index (χ0n) is 30.3. The first-order valence-electron chi connectivity index (χ1n) is 19.1. The first kappa shape index (κ1) is 31.0. The molecule has 0 aliphatic heterocycles. The van der Waals surface area contributed by atoms with Crippen LogP contribution >= 0.6 is 0 Å². The van der Waals surface area contributed by atoms with Crippen molar-refractivity contribution < 1.29 is 0 Å². The van der Waals surface area contributed by atoms with E-state index in [1.807, 2.05) is 12.1 Å². The van der Waals surface area contributed by atoms with Crippen LogP contribution in [0.4, 0.5) is 0 Å². The minimum absolute atomic E-state index is 0.430. The smallest absolute Gasteiger partial charge is 0.161 e. The Hall–Kier alpha value is -7.43. The van der Waals surface area contributed by atoms with Gasteiger partial charge < -0.3 is 0 Å². The van der Waals surface area contributed by atoms with Crippen molar-refractivity contribution in [3.05, 3.63) is 216 Å². The van der Waals surface area contributed by atoms with Crippen LogP contribution in [0.5, 0.6) is 0 Å². The van der Waals surface area contributed by atoms with E-state index in [-0.39, 0.29) is 0 Å². The molecule has 56 heavy (non-hydrogen) atoms. The molecular formula is C52H32N4. The van der Waals surface area contributed by atoms with E-state index in [4.69, 9.17) is 15.0 Å². The standard InChI is InChI=1S/C52H32N4/c1-2-15-34(16-3-1)51-54-46-27-12-13-28-47(46)56(51)35-31-29-33(30-32-35)49-39-20-7-11-26-45(39)53-50(55-49)40-21-14-25-44-48(40)38-19-6-10-24-43(38)52(44)41-22-8-4-17-36(41)37-18-5-9-23-42(37)52/h1-32H. The molecule has 1 spiro atoms. The zero-order valence-corrected chi connectivity index (χ0v) is 30.3. The molecule has 4 nitrogen and oxygen atoms in total. The van der Waals surface area contributed by atoms with Gasteiger partial charge in [-0.3, -0.25) is 4.57 Å². The maximum atomic E-state index is 5.47. The highest BCUT2D eigenvalue weighted by Gasteiger charge is 2.52. The molecule has 2 heterocycles. The number of rotatable bonds is 4. The van der Waals surface area contributed by atoms with Crippen molar-refractivity contribution in [3.8, 4) is 62.0 Å². The molecule has 0 saturated heterocycles. The lowest BCUT2D eigenvalue weighted by Gasteiger charge is -2.30. The van der Waals surface area contributed by atoms with Crippen molar-refractivity contribution in [2.75, 3.05) is 0 Å². The minimum atomic E-state index is -0.430. The molecule has 10 aromatic rings. The fourth-order valence-electron chi connectivity index (χ4n) is 9.58. The summed E-state index contributed by atoms with van der Waals surface area (Å²) in [6, 6.07) is 69.3. The molecule has 8 aromatic carbocycles. The first-order valence-corrected chi connectivity index (χ1v) is 19.1. The third-order valence-corrected chi connectivity index (χ3v) is 11.9. The van der Waals surface area contributed by atoms with E-state index in [9.17, 15) is 0 Å². The second kappa shape index (κ2) is 11.8. The summed E-state index contributed by atoms with van der Waals surface area (Å²) in [5, 5.41) is 1.02. The lowest BCUT2D eigenvalue weighted by molar-refractivity contribution is 0.794. The van der Waals surface area contributed by atoms with Crippen LogP contribution in [-0.2, 0) is 5.41 Å². The predicted molar refractivity (Wildman–Crippen MR) is 227 cm³/mol. The van der Waals surface area contributed by atoms with Gasteiger partial charge in [-0.1, -0.05) is 164 Å². The highest BCUT2D eigenvalue weighted by molar-refractivity contribution is 6.01. The van der Waals surface area contributed by atoms with Gasteiger partial charge in [-0.25, -0.2) is 15.0 Å². The summed E-state index contributed by atoms with van der Waals surface area (Å²) in [6.07, 6.45) is 0. The number of hydrogen-bond donors (Lipinski definition) is 0. The van der Waals surface area contributed by atoms with Crippen LogP contribution in [0.3, 0.4) is 0 Å². The summed E-state index contributed by atoms with van der Waals surface area (Å²) in [4.78, 5) is 15.8. The van der Waals surface area contributed by atoms with E-state index in [2.05, 4.69) is 187 Å². The second-order valence-electron chi connectivity index (χ2n) is 14.7. The summed E-state index contributed by atoms with van der Waals surface area (Å²) in [6.45, 7) is 0. The first-order chi connectivity index (χ1) is 27.8. The van der Waals surface area contributed by atoms with E-state index in [1.54, 1.807) is 0 Å². The molecule has 0 bridgehead atoms. The molecule has 0 fully saturated rings. The predicted octanol–water partition coefficient (Wildman–Crippen LogP) is 12.3. The van der Waals surface area contributed by atoms with Gasteiger partial charge in [-0.2, -0.15) is 0 Å². The average molecular weight is 713 g/mol. The van der Waals surface area contributed by atoms with Crippen molar-refractivity contribution in [3.63, 3.8) is 0 Å². The molecule has 0 radical (unpaired) electrons. The summed E-state index contributed by atoms with van der Waals surface area (Å²) in [5.41, 5.74) is 17.9. The Kier molecular flexibility index (Phi) is 6.52. The Labute approximate surface area is 324 Å². The molecule has 260 valence electrons. The Morgan fingerprint density at radius 3 is 1.70 bits per heavy atom. The number of imidazole rings is 1. The topological polar surface area (TPSA) is 43.6 Å². The second-order valence-corrected chi connectivity index (χ2v) is 14.7. The summed E-state index contributed by atoms with van der Waals surface area (Å²) in [5.74, 6) is 1.64. The fourth-order valence-corrected chi connectivity index (χ4v) is 9.58. The van der Waals surface area contributed by atoms with Crippen molar-refractivity contribution in [2.45, 2.75) is 5.41 Å².